The Morgan fingerprint density at radius 1 is 1.04 bits per heavy atom. The topological polar surface area (TPSA) is 78.9 Å². The molecule has 0 saturated carbocycles. The van der Waals surface area contributed by atoms with E-state index in [0.717, 1.165) is 19.3 Å². The first-order valence-electron chi connectivity index (χ1n) is 8.92. The fourth-order valence-corrected chi connectivity index (χ4v) is 5.18. The zero-order chi connectivity index (χ0) is 20.2. The molecule has 8 heteroatoms. The van der Waals surface area contributed by atoms with Gasteiger partial charge in [0.1, 0.15) is 13.2 Å². The lowest BCUT2D eigenvalue weighted by Crippen LogP contribution is -2.31. The molecule has 1 atom stereocenters. The van der Waals surface area contributed by atoms with Crippen LogP contribution < -0.4 is 0 Å². The van der Waals surface area contributed by atoms with Gasteiger partial charge in [-0.3, -0.25) is 4.79 Å². The normalized spacial score (nSPS) is 16.0. The molecule has 1 rings (SSSR count). The fourth-order valence-electron chi connectivity index (χ4n) is 2.15. The molecule has 1 unspecified atom stereocenters. The van der Waals surface area contributed by atoms with Crippen molar-refractivity contribution in [1.82, 2.24) is 0 Å². The van der Waals surface area contributed by atoms with E-state index in [-0.39, 0.29) is 30.8 Å². The Morgan fingerprint density at radius 2 is 1.63 bits per heavy atom. The lowest BCUT2D eigenvalue weighted by Gasteiger charge is -2.18. The predicted octanol–water partition coefficient (Wildman–Crippen LogP) is 3.85. The number of hydrogen-bond donors (Lipinski definition) is 0. The second-order valence-electron chi connectivity index (χ2n) is 6.44. The number of esters is 3. The van der Waals surface area contributed by atoms with E-state index in [9.17, 15) is 14.4 Å². The standard InChI is InChI=1S/C19H28O6S2/c1-13(2)18(21)23-11-15(12-24-19(22)14(3)4)25-17(20)8-6-5-7-16-9-10-26-27-16/h15-16H,1,3,5-12H2,2,4H3. The Morgan fingerprint density at radius 3 is 2.11 bits per heavy atom. The summed E-state index contributed by atoms with van der Waals surface area (Å²) in [6.45, 7) is 9.63. The number of carbonyl (C=O) groups excluding carboxylic acids is 3. The fraction of sp³-hybridized carbons (Fsp3) is 0.632. The molecule has 0 aromatic rings. The molecule has 1 aliphatic rings. The Balaban J connectivity index is 2.38. The Labute approximate surface area is 168 Å². The van der Waals surface area contributed by atoms with E-state index in [2.05, 4.69) is 13.2 Å². The molecule has 0 aromatic heterocycles. The van der Waals surface area contributed by atoms with Gasteiger partial charge in [-0.15, -0.1) is 0 Å². The van der Waals surface area contributed by atoms with E-state index < -0.39 is 24.0 Å². The first-order valence-corrected chi connectivity index (χ1v) is 11.3. The van der Waals surface area contributed by atoms with Crippen molar-refractivity contribution >= 4 is 39.5 Å². The maximum Gasteiger partial charge on any atom is 0.333 e. The van der Waals surface area contributed by atoms with Crippen molar-refractivity contribution in [2.45, 2.75) is 57.3 Å². The number of carbonyl (C=O) groups is 3. The van der Waals surface area contributed by atoms with Crippen molar-refractivity contribution in [3.05, 3.63) is 24.3 Å². The lowest BCUT2D eigenvalue weighted by molar-refractivity contribution is -0.164. The highest BCUT2D eigenvalue weighted by molar-refractivity contribution is 8.77. The van der Waals surface area contributed by atoms with E-state index in [1.807, 2.05) is 21.6 Å². The average Bonchev–Trinajstić information content (AvgIpc) is 3.13. The molecule has 1 saturated heterocycles. The third-order valence-corrected chi connectivity index (χ3v) is 6.69. The quantitative estimate of drug-likeness (QED) is 0.156. The number of unbranched alkanes of at least 4 members (excludes halogenated alkanes) is 1. The smallest absolute Gasteiger partial charge is 0.333 e. The molecule has 0 radical (unpaired) electrons. The monoisotopic (exact) mass is 416 g/mol. The minimum atomic E-state index is -0.856. The summed E-state index contributed by atoms with van der Waals surface area (Å²) < 4.78 is 15.4. The van der Waals surface area contributed by atoms with Crippen molar-refractivity contribution in [2.24, 2.45) is 0 Å². The van der Waals surface area contributed by atoms with Crippen LogP contribution in [0.1, 0.15) is 46.0 Å². The summed E-state index contributed by atoms with van der Waals surface area (Å²) in [4.78, 5) is 35.1. The van der Waals surface area contributed by atoms with Gasteiger partial charge < -0.3 is 14.2 Å². The van der Waals surface area contributed by atoms with Gasteiger partial charge >= 0.3 is 17.9 Å². The van der Waals surface area contributed by atoms with Crippen molar-refractivity contribution in [3.63, 3.8) is 0 Å². The van der Waals surface area contributed by atoms with Gasteiger partial charge in [-0.1, -0.05) is 41.2 Å². The van der Waals surface area contributed by atoms with Crippen molar-refractivity contribution in [1.29, 1.82) is 0 Å². The summed E-state index contributed by atoms with van der Waals surface area (Å²) in [6.07, 6.45) is 3.46. The van der Waals surface area contributed by atoms with Gasteiger partial charge in [-0.25, -0.2) is 9.59 Å². The molecule has 0 amide bonds. The molecule has 27 heavy (non-hydrogen) atoms. The highest BCUT2D eigenvalue weighted by atomic mass is 33.1. The summed E-state index contributed by atoms with van der Waals surface area (Å²) >= 11 is 0. The van der Waals surface area contributed by atoms with E-state index in [1.54, 1.807) is 0 Å². The second kappa shape index (κ2) is 12.9. The molecular weight excluding hydrogens is 388 g/mol. The van der Waals surface area contributed by atoms with Crippen molar-refractivity contribution in [3.8, 4) is 0 Å². The zero-order valence-corrected chi connectivity index (χ0v) is 17.6. The summed E-state index contributed by atoms with van der Waals surface area (Å²) in [5.74, 6) is -0.375. The van der Waals surface area contributed by atoms with E-state index in [1.165, 1.54) is 26.0 Å². The van der Waals surface area contributed by atoms with Gasteiger partial charge in [0, 0.05) is 28.6 Å². The molecule has 152 valence electrons. The molecule has 0 spiro atoms. The van der Waals surface area contributed by atoms with Gasteiger partial charge in [-0.05, 0) is 33.1 Å². The summed E-state index contributed by atoms with van der Waals surface area (Å²) in [7, 11) is 3.83. The van der Waals surface area contributed by atoms with Gasteiger partial charge in [0.05, 0.1) is 0 Å². The van der Waals surface area contributed by atoms with E-state index in [0.29, 0.717) is 5.25 Å². The molecule has 0 N–H and O–H groups in total. The summed E-state index contributed by atoms with van der Waals surface area (Å²) in [6, 6.07) is 0. The molecule has 0 aromatic carbocycles. The van der Waals surface area contributed by atoms with Crippen LogP contribution in [0.4, 0.5) is 0 Å². The van der Waals surface area contributed by atoms with Crippen LogP contribution in [0.3, 0.4) is 0 Å². The lowest BCUT2D eigenvalue weighted by atomic mass is 10.1. The Hall–Kier alpha value is -1.41. The molecule has 6 nitrogen and oxygen atoms in total. The third kappa shape index (κ3) is 10.5. The van der Waals surface area contributed by atoms with Crippen LogP contribution in [0.5, 0.6) is 0 Å². The highest BCUT2D eigenvalue weighted by Gasteiger charge is 2.20. The SMILES string of the molecule is C=C(C)C(=O)OCC(COC(=O)C(=C)C)OC(=O)CCCCC1CCSS1. The number of rotatable bonds is 12. The van der Waals surface area contributed by atoms with Gasteiger partial charge in [-0.2, -0.15) is 0 Å². The summed E-state index contributed by atoms with van der Waals surface area (Å²) in [5.41, 5.74) is 0.476. The third-order valence-electron chi connectivity index (χ3n) is 3.68. The molecule has 1 fully saturated rings. The van der Waals surface area contributed by atoms with Crippen LogP contribution in [-0.2, 0) is 28.6 Å². The number of ether oxygens (including phenoxy) is 3. The molecular formula is C19H28O6S2. The second-order valence-corrected chi connectivity index (χ2v) is 9.23. The molecule has 1 heterocycles. The van der Waals surface area contributed by atoms with Crippen molar-refractivity contribution in [2.75, 3.05) is 19.0 Å². The van der Waals surface area contributed by atoms with Crippen LogP contribution in [-0.4, -0.2) is 48.2 Å². The molecule has 0 aliphatic carbocycles. The largest absolute Gasteiger partial charge is 0.458 e. The van der Waals surface area contributed by atoms with Crippen LogP contribution >= 0.6 is 21.6 Å². The number of hydrogen-bond acceptors (Lipinski definition) is 8. The van der Waals surface area contributed by atoms with Gasteiger partial charge in [0.15, 0.2) is 6.10 Å². The summed E-state index contributed by atoms with van der Waals surface area (Å²) in [5, 5.41) is 0.682. The van der Waals surface area contributed by atoms with Crippen LogP contribution in [0.15, 0.2) is 24.3 Å². The highest BCUT2D eigenvalue weighted by Crippen LogP contribution is 2.39. The van der Waals surface area contributed by atoms with Gasteiger partial charge in [0.25, 0.3) is 0 Å². The maximum atomic E-state index is 12.1. The van der Waals surface area contributed by atoms with Crippen LogP contribution in [0.2, 0.25) is 0 Å². The molecule has 0 bridgehead atoms. The van der Waals surface area contributed by atoms with E-state index >= 15 is 0 Å². The Kier molecular flexibility index (Phi) is 11.3. The van der Waals surface area contributed by atoms with Gasteiger partial charge in [0.2, 0.25) is 0 Å². The average molecular weight is 417 g/mol. The van der Waals surface area contributed by atoms with Crippen LogP contribution in [0, 0.1) is 0 Å². The minimum absolute atomic E-state index is 0.198. The first kappa shape index (κ1) is 23.6. The van der Waals surface area contributed by atoms with E-state index in [4.69, 9.17) is 14.2 Å². The molecule has 1 aliphatic heterocycles. The Bertz CT molecular complexity index is 524. The maximum absolute atomic E-state index is 12.1. The van der Waals surface area contributed by atoms with Crippen molar-refractivity contribution < 1.29 is 28.6 Å². The predicted molar refractivity (Wildman–Crippen MR) is 108 cm³/mol. The minimum Gasteiger partial charge on any atom is -0.458 e. The zero-order valence-electron chi connectivity index (χ0n) is 16.0. The van der Waals surface area contributed by atoms with Crippen LogP contribution in [0.25, 0.3) is 0 Å². The first-order chi connectivity index (χ1) is 12.8.